The summed E-state index contributed by atoms with van der Waals surface area (Å²) in [5.74, 6) is 0.752. The molecular formula is C20H22N4O. The first kappa shape index (κ1) is 15.8. The fraction of sp³-hybridized carbons (Fsp3) is 0.300. The van der Waals surface area contributed by atoms with Gasteiger partial charge in [-0.1, -0.05) is 30.3 Å². The van der Waals surface area contributed by atoms with Gasteiger partial charge in [-0.3, -0.25) is 14.3 Å². The molecule has 2 aromatic carbocycles. The Bertz CT molecular complexity index is 887. The van der Waals surface area contributed by atoms with Gasteiger partial charge in [-0.2, -0.15) is 0 Å². The van der Waals surface area contributed by atoms with E-state index in [-0.39, 0.29) is 11.8 Å². The van der Waals surface area contributed by atoms with Gasteiger partial charge in [0.25, 0.3) is 0 Å². The van der Waals surface area contributed by atoms with Gasteiger partial charge >= 0.3 is 0 Å². The number of fused-ring (bicyclic) bond motifs is 1. The lowest BCUT2D eigenvalue weighted by Crippen LogP contribution is -2.41. The standard InChI is InChI=1S/C20H22N4O/c21-20(25)15-7-6-12-23(13-15)14-19-22-17-10-4-5-11-18(17)24(19)16-8-2-1-3-9-16/h1-5,8-11,15H,6-7,12-14H2,(H2,21,25). The molecule has 1 fully saturated rings. The van der Waals surface area contributed by atoms with Crippen LogP contribution in [-0.4, -0.2) is 33.4 Å². The highest BCUT2D eigenvalue weighted by atomic mass is 16.1. The van der Waals surface area contributed by atoms with E-state index < -0.39 is 0 Å². The lowest BCUT2D eigenvalue weighted by molar-refractivity contribution is -0.123. The number of imidazole rings is 1. The maximum atomic E-state index is 11.6. The Kier molecular flexibility index (Phi) is 4.24. The van der Waals surface area contributed by atoms with E-state index in [4.69, 9.17) is 10.7 Å². The quantitative estimate of drug-likeness (QED) is 0.798. The molecule has 25 heavy (non-hydrogen) atoms. The largest absolute Gasteiger partial charge is 0.369 e. The van der Waals surface area contributed by atoms with Crippen molar-refractivity contribution in [3.8, 4) is 5.69 Å². The molecule has 0 saturated carbocycles. The monoisotopic (exact) mass is 334 g/mol. The van der Waals surface area contributed by atoms with Crippen LogP contribution in [0, 0.1) is 5.92 Å². The molecule has 1 unspecified atom stereocenters. The van der Waals surface area contributed by atoms with Crippen LogP contribution in [0.25, 0.3) is 16.7 Å². The number of hydrogen-bond acceptors (Lipinski definition) is 3. The molecule has 1 atom stereocenters. The number of primary amides is 1. The van der Waals surface area contributed by atoms with Crippen LogP contribution in [0.15, 0.2) is 54.6 Å². The Hall–Kier alpha value is -2.66. The fourth-order valence-electron chi connectivity index (χ4n) is 3.68. The second-order valence-corrected chi connectivity index (χ2v) is 6.66. The topological polar surface area (TPSA) is 64.2 Å². The summed E-state index contributed by atoms with van der Waals surface area (Å²) in [6.45, 7) is 2.41. The molecule has 1 saturated heterocycles. The molecule has 0 spiro atoms. The zero-order chi connectivity index (χ0) is 17.2. The second kappa shape index (κ2) is 6.69. The summed E-state index contributed by atoms with van der Waals surface area (Å²) in [6, 6.07) is 18.5. The van der Waals surface area contributed by atoms with E-state index in [0.29, 0.717) is 13.1 Å². The third kappa shape index (κ3) is 3.15. The average Bonchev–Trinajstić information content (AvgIpc) is 3.00. The molecule has 2 heterocycles. The molecule has 1 aliphatic heterocycles. The van der Waals surface area contributed by atoms with Crippen LogP contribution in [0.3, 0.4) is 0 Å². The van der Waals surface area contributed by atoms with Crippen LogP contribution in [0.5, 0.6) is 0 Å². The smallest absolute Gasteiger partial charge is 0.221 e. The van der Waals surface area contributed by atoms with E-state index in [9.17, 15) is 4.79 Å². The van der Waals surface area contributed by atoms with Gasteiger partial charge in [0.2, 0.25) is 5.91 Å². The molecule has 3 aromatic rings. The zero-order valence-corrected chi connectivity index (χ0v) is 14.1. The van der Waals surface area contributed by atoms with Crippen molar-refractivity contribution in [2.75, 3.05) is 13.1 Å². The Morgan fingerprint density at radius 2 is 1.88 bits per heavy atom. The predicted octanol–water partition coefficient (Wildman–Crippen LogP) is 2.72. The third-order valence-electron chi connectivity index (χ3n) is 4.92. The number of rotatable bonds is 4. The highest BCUT2D eigenvalue weighted by molar-refractivity contribution is 5.78. The predicted molar refractivity (Wildman–Crippen MR) is 98.3 cm³/mol. The summed E-state index contributed by atoms with van der Waals surface area (Å²) in [7, 11) is 0. The molecule has 128 valence electrons. The number of carbonyl (C=O) groups is 1. The Morgan fingerprint density at radius 3 is 2.68 bits per heavy atom. The van der Waals surface area contributed by atoms with Crippen molar-refractivity contribution in [3.05, 3.63) is 60.4 Å². The van der Waals surface area contributed by atoms with E-state index in [1.165, 1.54) is 0 Å². The average molecular weight is 334 g/mol. The lowest BCUT2D eigenvalue weighted by Gasteiger charge is -2.30. The summed E-state index contributed by atoms with van der Waals surface area (Å²) in [5, 5.41) is 0. The van der Waals surface area contributed by atoms with Crippen molar-refractivity contribution in [2.45, 2.75) is 19.4 Å². The number of aromatic nitrogens is 2. The van der Waals surface area contributed by atoms with Gasteiger partial charge in [0.15, 0.2) is 0 Å². The van der Waals surface area contributed by atoms with Crippen LogP contribution >= 0.6 is 0 Å². The van der Waals surface area contributed by atoms with Crippen LogP contribution in [0.4, 0.5) is 0 Å². The number of para-hydroxylation sites is 3. The minimum atomic E-state index is -0.193. The molecule has 1 aromatic heterocycles. The molecular weight excluding hydrogens is 312 g/mol. The van der Waals surface area contributed by atoms with Gasteiger partial charge in [-0.15, -0.1) is 0 Å². The number of nitrogens with zero attached hydrogens (tertiary/aromatic N) is 3. The van der Waals surface area contributed by atoms with Gasteiger partial charge in [0, 0.05) is 12.2 Å². The van der Waals surface area contributed by atoms with Crippen LogP contribution in [-0.2, 0) is 11.3 Å². The van der Waals surface area contributed by atoms with E-state index in [1.807, 2.05) is 36.4 Å². The molecule has 0 aliphatic carbocycles. The molecule has 0 radical (unpaired) electrons. The molecule has 1 amide bonds. The van der Waals surface area contributed by atoms with Gasteiger partial charge in [-0.05, 0) is 43.7 Å². The highest BCUT2D eigenvalue weighted by Gasteiger charge is 2.25. The summed E-state index contributed by atoms with van der Waals surface area (Å²) in [6.07, 6.45) is 1.89. The van der Waals surface area contributed by atoms with E-state index in [0.717, 1.165) is 41.9 Å². The minimum absolute atomic E-state index is 0.0525. The van der Waals surface area contributed by atoms with Crippen LogP contribution < -0.4 is 5.73 Å². The first-order valence-electron chi connectivity index (χ1n) is 8.76. The van der Waals surface area contributed by atoms with E-state index >= 15 is 0 Å². The number of likely N-dealkylation sites (tertiary alicyclic amines) is 1. The van der Waals surface area contributed by atoms with Crippen LogP contribution in [0.2, 0.25) is 0 Å². The fourth-order valence-corrected chi connectivity index (χ4v) is 3.68. The van der Waals surface area contributed by atoms with Crippen molar-refractivity contribution >= 4 is 16.9 Å². The number of benzene rings is 2. The number of carbonyl (C=O) groups excluding carboxylic acids is 1. The molecule has 5 heteroatoms. The van der Waals surface area contributed by atoms with E-state index in [2.05, 4.69) is 27.7 Å². The van der Waals surface area contributed by atoms with Crippen LogP contribution in [0.1, 0.15) is 18.7 Å². The molecule has 0 bridgehead atoms. The highest BCUT2D eigenvalue weighted by Crippen LogP contribution is 2.24. The minimum Gasteiger partial charge on any atom is -0.369 e. The summed E-state index contributed by atoms with van der Waals surface area (Å²) in [4.78, 5) is 18.7. The van der Waals surface area contributed by atoms with Crippen molar-refractivity contribution in [1.29, 1.82) is 0 Å². The number of amides is 1. The van der Waals surface area contributed by atoms with Gasteiger partial charge in [-0.25, -0.2) is 4.98 Å². The van der Waals surface area contributed by atoms with Crippen molar-refractivity contribution in [2.24, 2.45) is 11.7 Å². The summed E-state index contributed by atoms with van der Waals surface area (Å²) in [5.41, 5.74) is 8.72. The van der Waals surface area contributed by atoms with Gasteiger partial charge in [0.05, 0.1) is 23.5 Å². The first-order valence-corrected chi connectivity index (χ1v) is 8.76. The molecule has 5 nitrogen and oxygen atoms in total. The summed E-state index contributed by atoms with van der Waals surface area (Å²) < 4.78 is 2.21. The number of hydrogen-bond donors (Lipinski definition) is 1. The van der Waals surface area contributed by atoms with E-state index in [1.54, 1.807) is 0 Å². The third-order valence-corrected chi connectivity index (χ3v) is 4.92. The van der Waals surface area contributed by atoms with Gasteiger partial charge in [0.1, 0.15) is 5.82 Å². The number of nitrogens with two attached hydrogens (primary N) is 1. The molecule has 2 N–H and O–H groups in total. The number of piperidine rings is 1. The Balaban J connectivity index is 1.71. The molecule has 1 aliphatic rings. The maximum Gasteiger partial charge on any atom is 0.221 e. The normalized spacial score (nSPS) is 18.5. The first-order chi connectivity index (χ1) is 12.2. The SMILES string of the molecule is NC(=O)C1CCCN(Cc2nc3ccccc3n2-c2ccccc2)C1. The Morgan fingerprint density at radius 1 is 1.12 bits per heavy atom. The van der Waals surface area contributed by atoms with Crippen molar-refractivity contribution < 1.29 is 4.79 Å². The van der Waals surface area contributed by atoms with Gasteiger partial charge < -0.3 is 5.73 Å². The second-order valence-electron chi connectivity index (χ2n) is 6.66. The molecule has 4 rings (SSSR count). The Labute approximate surface area is 147 Å². The van der Waals surface area contributed by atoms with Crippen molar-refractivity contribution in [1.82, 2.24) is 14.5 Å². The van der Waals surface area contributed by atoms with Crippen molar-refractivity contribution in [3.63, 3.8) is 0 Å². The zero-order valence-electron chi connectivity index (χ0n) is 14.1. The maximum absolute atomic E-state index is 11.6. The lowest BCUT2D eigenvalue weighted by atomic mass is 9.97. The summed E-state index contributed by atoms with van der Waals surface area (Å²) >= 11 is 0.